The number of hydrogen-bond acceptors (Lipinski definition) is 3. The maximum atomic E-state index is 4.47. The Balaban J connectivity index is 1.94. The summed E-state index contributed by atoms with van der Waals surface area (Å²) in [5, 5.41) is 0. The van der Waals surface area contributed by atoms with E-state index in [1.165, 1.54) is 0 Å². The molecule has 0 amide bonds. The zero-order chi connectivity index (χ0) is 17.6. The van der Waals surface area contributed by atoms with Gasteiger partial charge in [-0.1, -0.05) is 29.7 Å². The molecule has 3 aromatic rings. The fourth-order valence-corrected chi connectivity index (χ4v) is 2.24. The van der Waals surface area contributed by atoms with Gasteiger partial charge in [-0.25, -0.2) is 4.98 Å². The molecule has 1 aliphatic rings. The summed E-state index contributed by atoms with van der Waals surface area (Å²) in [7, 11) is 0. The first-order valence-corrected chi connectivity index (χ1v) is 7.80. The van der Waals surface area contributed by atoms with E-state index in [9.17, 15) is 0 Å². The van der Waals surface area contributed by atoms with Crippen molar-refractivity contribution < 1.29 is 0 Å². The van der Waals surface area contributed by atoms with Crippen molar-refractivity contribution in [1.82, 2.24) is 15.0 Å². The van der Waals surface area contributed by atoms with Crippen molar-refractivity contribution in [2.45, 2.75) is 0 Å². The van der Waals surface area contributed by atoms with Crippen LogP contribution in [0, 0.1) is 47.4 Å². The molecule has 0 saturated heterocycles. The molecule has 4 heterocycles. The molecule has 3 heteroatoms. The van der Waals surface area contributed by atoms with Crippen molar-refractivity contribution in [3.63, 3.8) is 0 Å². The highest BCUT2D eigenvalue weighted by atomic mass is 14.7. The summed E-state index contributed by atoms with van der Waals surface area (Å²) in [6.07, 6.45) is 6.75. The topological polar surface area (TPSA) is 38.7 Å². The monoisotopic (exact) mass is 327 g/mol. The minimum Gasteiger partial charge on any atom is -0.263 e. The molecule has 0 spiro atoms. The molecular formula is C23H9N3. The molecule has 0 N–H and O–H groups in total. The third-order valence-corrected chi connectivity index (χ3v) is 3.50. The molecular weight excluding hydrogens is 318 g/mol. The van der Waals surface area contributed by atoms with Gasteiger partial charge < -0.3 is 0 Å². The summed E-state index contributed by atoms with van der Waals surface area (Å²) < 4.78 is 0. The van der Waals surface area contributed by atoms with Gasteiger partial charge in [-0.05, 0) is 47.9 Å². The number of aromatic nitrogens is 3. The first-order chi connectivity index (χ1) is 12.9. The summed E-state index contributed by atoms with van der Waals surface area (Å²) in [5.74, 6) is 24.0. The Hall–Kier alpha value is -4.31. The SMILES string of the molecule is C1#Cc2ccncc2C#Cc2cccc(n2)C#Cc2cnccc2C#C1. The largest absolute Gasteiger partial charge is 0.263 e. The summed E-state index contributed by atoms with van der Waals surface area (Å²) in [4.78, 5) is 12.7. The second-order valence-electron chi connectivity index (χ2n) is 5.25. The van der Waals surface area contributed by atoms with E-state index in [-0.39, 0.29) is 0 Å². The molecule has 0 aromatic carbocycles. The van der Waals surface area contributed by atoms with Gasteiger partial charge in [0.2, 0.25) is 0 Å². The van der Waals surface area contributed by atoms with E-state index in [4.69, 9.17) is 0 Å². The fourth-order valence-electron chi connectivity index (χ4n) is 2.24. The molecule has 0 radical (unpaired) electrons. The molecule has 0 atom stereocenters. The Morgan fingerprint density at radius 2 is 1.08 bits per heavy atom. The number of rotatable bonds is 0. The van der Waals surface area contributed by atoms with Gasteiger partial charge in [-0.3, -0.25) is 9.97 Å². The van der Waals surface area contributed by atoms with Crippen LogP contribution < -0.4 is 0 Å². The maximum absolute atomic E-state index is 4.47. The molecule has 0 fully saturated rings. The van der Waals surface area contributed by atoms with Crippen molar-refractivity contribution in [2.24, 2.45) is 0 Å². The lowest BCUT2D eigenvalue weighted by atomic mass is 10.1. The van der Waals surface area contributed by atoms with Crippen LogP contribution in [0.3, 0.4) is 0 Å². The highest BCUT2D eigenvalue weighted by Crippen LogP contribution is 2.06. The third kappa shape index (κ3) is 3.44. The van der Waals surface area contributed by atoms with Gasteiger partial charge in [0, 0.05) is 35.9 Å². The van der Waals surface area contributed by atoms with Gasteiger partial charge in [0.1, 0.15) is 11.4 Å². The van der Waals surface area contributed by atoms with Crippen LogP contribution in [0.4, 0.5) is 0 Å². The van der Waals surface area contributed by atoms with Gasteiger partial charge in [-0.15, -0.1) is 0 Å². The number of fused-ring (bicyclic) bond motifs is 4. The molecule has 26 heavy (non-hydrogen) atoms. The number of pyridine rings is 3. The molecule has 4 rings (SSSR count). The number of hydrogen-bond donors (Lipinski definition) is 0. The standard InChI is InChI=1S/C23H9N3/c1-2-5-19-13-15-25-17-21(19)9-11-23-7-3-6-22(26-23)10-8-20-16-24-14-12-18(20)4-1/h3,6-7,12-17H. The van der Waals surface area contributed by atoms with Gasteiger partial charge in [0.15, 0.2) is 0 Å². The lowest BCUT2D eigenvalue weighted by Crippen LogP contribution is -1.89. The summed E-state index contributed by atoms with van der Waals surface area (Å²) in [5.41, 5.74) is 4.30. The van der Waals surface area contributed by atoms with Crippen molar-refractivity contribution >= 4 is 0 Å². The Morgan fingerprint density at radius 3 is 1.62 bits per heavy atom. The van der Waals surface area contributed by atoms with Gasteiger partial charge in [0.05, 0.1) is 11.1 Å². The highest BCUT2D eigenvalue weighted by molar-refractivity contribution is 5.55. The van der Waals surface area contributed by atoms with Crippen molar-refractivity contribution in [3.8, 4) is 47.4 Å². The van der Waals surface area contributed by atoms with Crippen LogP contribution in [0.2, 0.25) is 0 Å². The van der Waals surface area contributed by atoms with Gasteiger partial charge in [-0.2, -0.15) is 0 Å². The molecule has 2 bridgehead atoms. The summed E-state index contributed by atoms with van der Waals surface area (Å²) >= 11 is 0. The summed E-state index contributed by atoms with van der Waals surface area (Å²) in [6, 6.07) is 9.21. The Labute approximate surface area is 151 Å². The second kappa shape index (κ2) is 7.07. The van der Waals surface area contributed by atoms with Crippen LogP contribution in [0.5, 0.6) is 0 Å². The van der Waals surface area contributed by atoms with Crippen LogP contribution in [-0.2, 0) is 0 Å². The van der Waals surface area contributed by atoms with E-state index in [0.29, 0.717) is 11.4 Å². The first kappa shape index (κ1) is 15.2. The van der Waals surface area contributed by atoms with E-state index in [0.717, 1.165) is 22.3 Å². The quantitative estimate of drug-likeness (QED) is 0.595. The number of nitrogens with zero attached hydrogens (tertiary/aromatic N) is 3. The molecule has 0 saturated carbocycles. The molecule has 1 aliphatic heterocycles. The van der Waals surface area contributed by atoms with Crippen LogP contribution in [0.25, 0.3) is 0 Å². The van der Waals surface area contributed by atoms with Crippen molar-refractivity contribution in [1.29, 1.82) is 0 Å². The normalized spacial score (nSPS) is 10.3. The average Bonchev–Trinajstić information content (AvgIpc) is 2.69. The van der Waals surface area contributed by atoms with E-state index >= 15 is 0 Å². The predicted octanol–water partition coefficient (Wildman–Crippen LogP) is 2.39. The van der Waals surface area contributed by atoms with Crippen LogP contribution in [0.1, 0.15) is 33.6 Å². The Bertz CT molecular complexity index is 1160. The lowest BCUT2D eigenvalue weighted by Gasteiger charge is -1.95. The molecule has 0 unspecified atom stereocenters. The van der Waals surface area contributed by atoms with Crippen LogP contribution in [0.15, 0.2) is 55.1 Å². The molecule has 0 aliphatic carbocycles. The molecule has 3 aromatic heterocycles. The Kier molecular flexibility index (Phi) is 4.14. The van der Waals surface area contributed by atoms with Crippen molar-refractivity contribution in [3.05, 3.63) is 88.8 Å². The Morgan fingerprint density at radius 1 is 0.538 bits per heavy atom. The average molecular weight is 327 g/mol. The zero-order valence-electron chi connectivity index (χ0n) is 13.5. The van der Waals surface area contributed by atoms with Gasteiger partial charge in [0.25, 0.3) is 0 Å². The van der Waals surface area contributed by atoms with E-state index in [1.807, 2.05) is 30.3 Å². The van der Waals surface area contributed by atoms with Crippen LogP contribution >= 0.6 is 0 Å². The van der Waals surface area contributed by atoms with E-state index in [2.05, 4.69) is 62.3 Å². The van der Waals surface area contributed by atoms with Crippen molar-refractivity contribution in [2.75, 3.05) is 0 Å². The fraction of sp³-hybridized carbons (Fsp3) is 0. The molecule has 116 valence electrons. The van der Waals surface area contributed by atoms with E-state index < -0.39 is 0 Å². The van der Waals surface area contributed by atoms with Gasteiger partial charge >= 0.3 is 0 Å². The first-order valence-electron chi connectivity index (χ1n) is 7.80. The predicted molar refractivity (Wildman–Crippen MR) is 98.4 cm³/mol. The third-order valence-electron chi connectivity index (χ3n) is 3.50. The lowest BCUT2D eigenvalue weighted by molar-refractivity contribution is 1.25. The minimum absolute atomic E-state index is 0.636. The highest BCUT2D eigenvalue weighted by Gasteiger charge is 1.98. The second-order valence-corrected chi connectivity index (χ2v) is 5.25. The van der Waals surface area contributed by atoms with E-state index in [1.54, 1.807) is 24.8 Å². The summed E-state index contributed by atoms with van der Waals surface area (Å²) in [6.45, 7) is 0. The minimum atomic E-state index is 0.636. The maximum Gasteiger partial charge on any atom is 0.115 e. The smallest absolute Gasteiger partial charge is 0.115 e. The molecule has 3 nitrogen and oxygen atoms in total. The zero-order valence-corrected chi connectivity index (χ0v) is 13.5. The van der Waals surface area contributed by atoms with Crippen LogP contribution in [-0.4, -0.2) is 15.0 Å².